The zero-order valence-electron chi connectivity index (χ0n) is 79.4. The van der Waals surface area contributed by atoms with Crippen LogP contribution in [0.1, 0.15) is 129 Å². The summed E-state index contributed by atoms with van der Waals surface area (Å²) in [6.45, 7) is 15.6. The van der Waals surface area contributed by atoms with E-state index in [1.165, 1.54) is 103 Å². The molecule has 726 valence electrons. The SMILES string of the molecule is CC1CN(Cc2ccc3c(-c4ccc(F)cc4)cc(C#N)nc3c2)[C@@H](C)CN1.Cn1cc(-c2cc(C#N)nc3cc(CN4CCSC(C5CC5)C4)ccc23)cn1.Cn1cc(-c2cc(C(N)=O)nc3cc(CN4CCSC(C5CC5)C4)ccc23)cn1.NC(=O)c1cc(-c2ccc(F)cc2)c2ccc(CN3CCC(F)(F)C3)cc2n1.NC(=O)c1cc(-c2ccc(F)cc2)c2ccc(CN3CCC[C@H]3C(N)=O)cc2n1. The van der Waals surface area contributed by atoms with Crippen molar-refractivity contribution < 1.29 is 41.1 Å². The topological polar surface area (TPSA) is 348 Å². The maximum Gasteiger partial charge on any atom is 0.267 e. The fourth-order valence-corrected chi connectivity index (χ4v) is 22.7. The second kappa shape index (κ2) is 43.3. The van der Waals surface area contributed by atoms with Crippen molar-refractivity contribution in [3.63, 3.8) is 0 Å². The smallest absolute Gasteiger partial charge is 0.267 e. The number of carbonyl (C=O) groups is 4. The van der Waals surface area contributed by atoms with Gasteiger partial charge in [-0.1, -0.05) is 97.1 Å². The molecule has 5 aliphatic heterocycles. The van der Waals surface area contributed by atoms with Gasteiger partial charge in [0.15, 0.2) is 0 Å². The predicted octanol–water partition coefficient (Wildman–Crippen LogP) is 17.6. The molecule has 4 amide bonds. The van der Waals surface area contributed by atoms with E-state index in [-0.39, 0.29) is 59.4 Å². The highest BCUT2D eigenvalue weighted by Gasteiger charge is 2.40. The number of likely N-dealkylation sites (tertiary alicyclic amines) is 2. The highest BCUT2D eigenvalue weighted by atomic mass is 32.2. The van der Waals surface area contributed by atoms with Crippen LogP contribution in [0.5, 0.6) is 0 Å². The molecule has 2 aliphatic carbocycles. The number of aryl methyl sites for hydroxylation is 2. The molecule has 25 nitrogen and oxygen atoms in total. The fraction of sp³-hybridized carbons (Fsp3) is 0.318. The molecule has 5 saturated heterocycles. The highest BCUT2D eigenvalue weighted by molar-refractivity contribution is 8.00. The van der Waals surface area contributed by atoms with Crippen LogP contribution >= 0.6 is 23.5 Å². The summed E-state index contributed by atoms with van der Waals surface area (Å²) in [5, 5.41) is 37.2. The molecule has 142 heavy (non-hydrogen) atoms. The molecule has 8 aromatic carbocycles. The first-order valence-electron chi connectivity index (χ1n) is 47.9. The molecular weight excluding hydrogens is 1840 g/mol. The summed E-state index contributed by atoms with van der Waals surface area (Å²) in [4.78, 5) is 80.8. The molecule has 7 aromatic heterocycles. The fourth-order valence-electron chi connectivity index (χ4n) is 19.7. The zero-order chi connectivity index (χ0) is 99.1. The Morgan fingerprint density at radius 2 is 0.789 bits per heavy atom. The van der Waals surface area contributed by atoms with E-state index in [0.717, 1.165) is 192 Å². The molecule has 0 radical (unpaired) electrons. The van der Waals surface area contributed by atoms with Crippen molar-refractivity contribution in [3.8, 4) is 67.8 Å². The van der Waals surface area contributed by atoms with Crippen molar-refractivity contribution in [1.29, 1.82) is 10.5 Å². The summed E-state index contributed by atoms with van der Waals surface area (Å²) in [6.07, 6.45) is 14.8. The van der Waals surface area contributed by atoms with Gasteiger partial charge in [-0.25, -0.2) is 46.9 Å². The first kappa shape index (κ1) is 98.4. The van der Waals surface area contributed by atoms with Crippen molar-refractivity contribution in [2.75, 3.05) is 70.4 Å². The van der Waals surface area contributed by atoms with Gasteiger partial charge in [-0.3, -0.25) is 53.0 Å². The Kier molecular flexibility index (Phi) is 30.0. The largest absolute Gasteiger partial charge is 0.368 e. The number of piperazine rings is 1. The summed E-state index contributed by atoms with van der Waals surface area (Å²) in [5.41, 5.74) is 41.1. The average Bonchev–Trinajstić information content (AvgIpc) is 1.25. The number of thioether (sulfide) groups is 2. The lowest BCUT2D eigenvalue weighted by atomic mass is 9.98. The maximum absolute atomic E-state index is 13.4. The van der Waals surface area contributed by atoms with Gasteiger partial charge in [0, 0.05) is 184 Å². The normalized spacial score (nSPS) is 18.9. The summed E-state index contributed by atoms with van der Waals surface area (Å²) in [7, 11) is 3.79. The minimum atomic E-state index is -2.65. The molecule has 32 heteroatoms. The average molecular weight is 1950 g/mol. The molecule has 0 bridgehead atoms. The van der Waals surface area contributed by atoms with Crippen LogP contribution in [0, 0.1) is 51.9 Å². The third kappa shape index (κ3) is 24.0. The molecule has 2 saturated carbocycles. The number of nitrogens with zero attached hydrogens (tertiary/aromatic N) is 16. The van der Waals surface area contributed by atoms with Gasteiger partial charge in [-0.2, -0.15) is 44.2 Å². The van der Waals surface area contributed by atoms with Gasteiger partial charge in [0.05, 0.1) is 52.6 Å². The molecule has 15 aromatic rings. The van der Waals surface area contributed by atoms with Crippen molar-refractivity contribution in [2.24, 2.45) is 48.9 Å². The summed E-state index contributed by atoms with van der Waals surface area (Å²) >= 11 is 4.30. The van der Waals surface area contributed by atoms with Crippen molar-refractivity contribution in [1.82, 2.24) is 74.3 Å². The predicted molar refractivity (Wildman–Crippen MR) is 548 cm³/mol. The lowest BCUT2D eigenvalue weighted by molar-refractivity contribution is -0.122. The van der Waals surface area contributed by atoms with Crippen LogP contribution in [-0.4, -0.2) is 198 Å². The summed E-state index contributed by atoms with van der Waals surface area (Å²) in [5.74, 6) is -1.41. The lowest BCUT2D eigenvalue weighted by Gasteiger charge is -2.37. The Morgan fingerprint density at radius 1 is 0.430 bits per heavy atom. The van der Waals surface area contributed by atoms with Crippen LogP contribution in [0.25, 0.3) is 110 Å². The number of primary amides is 4. The molecule has 9 N–H and O–H groups in total. The minimum Gasteiger partial charge on any atom is -0.368 e. The second-order valence-electron chi connectivity index (χ2n) is 38.1. The molecular formula is C110H110F5N21O4S2. The van der Waals surface area contributed by atoms with E-state index in [1.807, 2.05) is 69.1 Å². The zero-order valence-corrected chi connectivity index (χ0v) is 81.0. The number of fused-ring (bicyclic) bond motifs is 5. The Labute approximate surface area is 828 Å². The first-order valence-corrected chi connectivity index (χ1v) is 50.0. The molecule has 0 spiro atoms. The van der Waals surface area contributed by atoms with E-state index in [9.17, 15) is 51.7 Å². The molecule has 3 unspecified atom stereocenters. The van der Waals surface area contributed by atoms with Gasteiger partial charge in [0.25, 0.3) is 23.6 Å². The number of pyridine rings is 5. The number of amides is 4. The Morgan fingerprint density at radius 3 is 1.14 bits per heavy atom. The van der Waals surface area contributed by atoms with Gasteiger partial charge in [-0.05, 0) is 240 Å². The number of nitrogens with two attached hydrogens (primary N) is 4. The van der Waals surface area contributed by atoms with E-state index < -0.39 is 23.6 Å². The van der Waals surface area contributed by atoms with Gasteiger partial charge in [0.1, 0.15) is 58.1 Å². The Bertz CT molecular complexity index is 7340. The maximum atomic E-state index is 13.4. The van der Waals surface area contributed by atoms with E-state index in [2.05, 4.69) is 164 Å². The first-order chi connectivity index (χ1) is 68.5. The number of alkyl halides is 2. The number of hydrogen-bond acceptors (Lipinski definition) is 21. The summed E-state index contributed by atoms with van der Waals surface area (Å²) < 4.78 is 70.3. The second-order valence-corrected chi connectivity index (χ2v) is 40.8. The molecule has 7 aliphatic rings. The number of nitrogens with one attached hydrogen (secondary N) is 1. The standard InChI is InChI=1S/C23H23FN4.C22H21FN4O2.C22H25N5OS.C22H23N5S.C21H18F3N3O/c1-15-13-28(16(2)12-26-15)14-17-3-8-21-22(18-4-6-19(24)7-5-18)10-20(11-25)27-23(21)9-17;23-15-6-4-14(5-7-15)17-11-19(21(24)28)26-18-10-13(3-8-16(17)18)12-27-9-1-2-20(27)22(25)29;1-26-12-16(10-24-26)18-9-20(22(23)28)25-19-8-14(2-5-17(18)19)11-27-6-7-29-21(13-27)15-3-4-15;1-26-13-17(11-24-26)20-9-18(10-23)25-21-8-15(2-5-19(20)21)12-27-6-7-28-22(14-27)16-3-4-16;22-15-4-2-14(3-5-15)17-10-19(20(25)28)26-18-9-13(1-6-16(17)18)11-27-8-7-21(23,24)12-27/h3-10,15-16,26H,12-14H2,1-2H3;3-8,10-11,20H,1-2,9,12H2,(H2,24,28)(H2,25,29);2,5,8-10,12,15,21H,3-4,6-7,11,13H2,1H3,(H2,23,28);2,5,8-9,11,13,16,22H,3-4,6-7,12,14H2,1H3;1-6,9-10H,7-8,11-12H2,(H2,25,28)/t15?,16-;20-;;;/m00.../s1. The third-order valence-corrected chi connectivity index (χ3v) is 30.1. The van der Waals surface area contributed by atoms with Crippen molar-refractivity contribution in [2.45, 2.75) is 126 Å². The lowest BCUT2D eigenvalue weighted by Crippen LogP contribution is -2.53. The van der Waals surface area contributed by atoms with Crippen LogP contribution in [0.3, 0.4) is 0 Å². The molecule has 5 atom stereocenters. The van der Waals surface area contributed by atoms with Crippen LogP contribution in [0.15, 0.2) is 219 Å². The number of halogens is 5. The minimum absolute atomic E-state index is 0.0941. The summed E-state index contributed by atoms with van der Waals surface area (Å²) in [6, 6.07) is 62.5. The van der Waals surface area contributed by atoms with E-state index >= 15 is 0 Å². The number of nitriles is 2. The number of aromatic nitrogens is 9. The Hall–Kier alpha value is -13.8. The van der Waals surface area contributed by atoms with Gasteiger partial charge < -0.3 is 28.3 Å². The van der Waals surface area contributed by atoms with Gasteiger partial charge in [0.2, 0.25) is 5.91 Å². The molecule has 22 rings (SSSR count). The number of benzene rings is 8. The van der Waals surface area contributed by atoms with Gasteiger partial charge in [-0.15, -0.1) is 0 Å². The van der Waals surface area contributed by atoms with E-state index in [1.54, 1.807) is 87.2 Å². The van der Waals surface area contributed by atoms with Gasteiger partial charge >= 0.3 is 0 Å². The van der Waals surface area contributed by atoms with E-state index in [4.69, 9.17) is 22.9 Å². The number of hydrogen-bond donors (Lipinski definition) is 5. The van der Waals surface area contributed by atoms with Crippen LogP contribution in [-0.2, 0) is 51.6 Å². The molecule has 7 fully saturated rings. The Balaban J connectivity index is 0.000000117. The van der Waals surface area contributed by atoms with Crippen molar-refractivity contribution in [3.05, 3.63) is 293 Å². The third-order valence-electron chi connectivity index (χ3n) is 27.3. The quantitative estimate of drug-likeness (QED) is 0.0417. The van der Waals surface area contributed by atoms with Crippen LogP contribution < -0.4 is 28.3 Å². The van der Waals surface area contributed by atoms with Crippen molar-refractivity contribution >= 4 is 102 Å². The van der Waals surface area contributed by atoms with Crippen LogP contribution in [0.2, 0.25) is 0 Å². The monoisotopic (exact) mass is 1950 g/mol. The van der Waals surface area contributed by atoms with Crippen LogP contribution in [0.4, 0.5) is 22.0 Å². The van der Waals surface area contributed by atoms with E-state index in [0.29, 0.717) is 59.7 Å². The molecule has 12 heterocycles. The number of rotatable bonds is 21. The number of carbonyl (C=O) groups excluding carboxylic acids is 4. The highest BCUT2D eigenvalue weighted by Crippen LogP contribution is 2.44.